The van der Waals surface area contributed by atoms with Crippen molar-refractivity contribution >= 4 is 16.9 Å². The highest BCUT2D eigenvalue weighted by molar-refractivity contribution is 5.77. The zero-order chi connectivity index (χ0) is 16.6. The Balaban J connectivity index is 1.61. The second-order valence-electron chi connectivity index (χ2n) is 7.96. The number of fused-ring (bicyclic) bond motifs is 1. The first-order valence-corrected chi connectivity index (χ1v) is 8.55. The molecule has 0 bridgehead atoms. The second-order valence-corrected chi connectivity index (χ2v) is 7.96. The van der Waals surface area contributed by atoms with E-state index in [1.54, 1.807) is 0 Å². The second kappa shape index (κ2) is 5.99. The van der Waals surface area contributed by atoms with Crippen LogP contribution < -0.4 is 5.32 Å². The summed E-state index contributed by atoms with van der Waals surface area (Å²) in [4.78, 5) is 16.7. The van der Waals surface area contributed by atoms with Crippen molar-refractivity contribution in [3.8, 4) is 0 Å². The lowest BCUT2D eigenvalue weighted by Gasteiger charge is -2.17. The Morgan fingerprint density at radius 1 is 1.35 bits per heavy atom. The minimum Gasteiger partial charge on any atom is -0.356 e. The largest absolute Gasteiger partial charge is 0.356 e. The van der Waals surface area contributed by atoms with E-state index in [2.05, 4.69) is 55.9 Å². The molecule has 1 N–H and O–H groups in total. The van der Waals surface area contributed by atoms with Gasteiger partial charge in [0.2, 0.25) is 5.91 Å². The molecular formula is C19H27N3O. The minimum absolute atomic E-state index is 0.0379. The lowest BCUT2D eigenvalue weighted by atomic mass is 9.92. The molecule has 2 aromatic rings. The van der Waals surface area contributed by atoms with Gasteiger partial charge in [-0.3, -0.25) is 4.79 Å². The Bertz CT molecular complexity index is 720. The van der Waals surface area contributed by atoms with Crippen molar-refractivity contribution in [1.82, 2.24) is 14.9 Å². The van der Waals surface area contributed by atoms with E-state index in [0.29, 0.717) is 18.9 Å². The fourth-order valence-corrected chi connectivity index (χ4v) is 3.02. The smallest absolute Gasteiger partial charge is 0.220 e. The molecule has 1 aromatic heterocycles. The van der Waals surface area contributed by atoms with E-state index in [1.807, 2.05) is 0 Å². The average Bonchev–Trinajstić information content (AvgIpc) is 3.22. The third-order valence-corrected chi connectivity index (χ3v) is 4.35. The summed E-state index contributed by atoms with van der Waals surface area (Å²) in [6.45, 7) is 6.93. The standard InChI is InChI=1S/C19H27N3O/c1-19(2,3)12-17(23)20-10-9-13-5-8-16-15(11-13)21-18(22(16)4)14-6-7-14/h5,8,11,14H,6-7,9-10,12H2,1-4H3,(H,20,23). The third kappa shape index (κ3) is 3.92. The molecule has 124 valence electrons. The Morgan fingerprint density at radius 3 is 2.74 bits per heavy atom. The molecule has 0 spiro atoms. The Morgan fingerprint density at radius 2 is 2.09 bits per heavy atom. The number of aromatic nitrogens is 2. The number of benzene rings is 1. The van der Waals surface area contributed by atoms with Crippen LogP contribution in [0.4, 0.5) is 0 Å². The Kier molecular flexibility index (Phi) is 4.17. The summed E-state index contributed by atoms with van der Waals surface area (Å²) >= 11 is 0. The molecule has 1 saturated carbocycles. The van der Waals surface area contributed by atoms with Crippen molar-refractivity contribution in [2.75, 3.05) is 6.54 Å². The summed E-state index contributed by atoms with van der Waals surface area (Å²) < 4.78 is 2.22. The van der Waals surface area contributed by atoms with Gasteiger partial charge in [0.15, 0.2) is 0 Å². The quantitative estimate of drug-likeness (QED) is 0.917. The van der Waals surface area contributed by atoms with Gasteiger partial charge in [0.25, 0.3) is 0 Å². The van der Waals surface area contributed by atoms with Crippen molar-refractivity contribution in [3.05, 3.63) is 29.6 Å². The average molecular weight is 313 g/mol. The van der Waals surface area contributed by atoms with Gasteiger partial charge in [0.1, 0.15) is 5.82 Å². The first kappa shape index (κ1) is 16.0. The summed E-state index contributed by atoms with van der Waals surface area (Å²) in [5.41, 5.74) is 3.55. The molecular weight excluding hydrogens is 286 g/mol. The van der Waals surface area contributed by atoms with Crippen LogP contribution in [0.2, 0.25) is 0 Å². The van der Waals surface area contributed by atoms with Crippen LogP contribution in [0, 0.1) is 5.41 Å². The molecule has 1 aliphatic carbocycles. The number of carbonyl (C=O) groups excluding carboxylic acids is 1. The van der Waals surface area contributed by atoms with Gasteiger partial charge in [-0.1, -0.05) is 26.8 Å². The van der Waals surface area contributed by atoms with Crippen molar-refractivity contribution in [1.29, 1.82) is 0 Å². The lowest BCUT2D eigenvalue weighted by Crippen LogP contribution is -2.29. The van der Waals surface area contributed by atoms with Crippen LogP contribution in [0.5, 0.6) is 0 Å². The van der Waals surface area contributed by atoms with Crippen LogP contribution in [0.3, 0.4) is 0 Å². The topological polar surface area (TPSA) is 46.9 Å². The zero-order valence-corrected chi connectivity index (χ0v) is 14.6. The predicted octanol–water partition coefficient (Wildman–Crippen LogP) is 3.55. The van der Waals surface area contributed by atoms with Crippen molar-refractivity contribution < 1.29 is 4.79 Å². The molecule has 0 radical (unpaired) electrons. The first-order valence-electron chi connectivity index (χ1n) is 8.55. The van der Waals surface area contributed by atoms with E-state index in [-0.39, 0.29) is 11.3 Å². The van der Waals surface area contributed by atoms with E-state index in [4.69, 9.17) is 4.98 Å². The normalized spacial score (nSPS) is 15.1. The molecule has 0 aliphatic heterocycles. The maximum atomic E-state index is 11.9. The molecule has 1 fully saturated rings. The molecule has 1 aromatic carbocycles. The number of aryl methyl sites for hydroxylation is 1. The van der Waals surface area contributed by atoms with E-state index in [1.165, 1.54) is 29.7 Å². The summed E-state index contributed by atoms with van der Waals surface area (Å²) in [5.74, 6) is 2.01. The molecule has 0 unspecified atom stereocenters. The van der Waals surface area contributed by atoms with E-state index < -0.39 is 0 Å². The molecule has 23 heavy (non-hydrogen) atoms. The van der Waals surface area contributed by atoms with Crippen molar-refractivity contribution in [2.24, 2.45) is 12.5 Å². The molecule has 0 atom stereocenters. The molecule has 1 heterocycles. The van der Waals surface area contributed by atoms with Gasteiger partial charge in [0.05, 0.1) is 11.0 Å². The van der Waals surface area contributed by atoms with Crippen molar-refractivity contribution in [2.45, 2.75) is 52.4 Å². The Hall–Kier alpha value is -1.84. The molecule has 1 amide bonds. The maximum Gasteiger partial charge on any atom is 0.220 e. The molecule has 0 saturated heterocycles. The van der Waals surface area contributed by atoms with Gasteiger partial charge < -0.3 is 9.88 Å². The van der Waals surface area contributed by atoms with E-state index in [0.717, 1.165) is 11.9 Å². The summed E-state index contributed by atoms with van der Waals surface area (Å²) in [6.07, 6.45) is 3.95. The third-order valence-electron chi connectivity index (χ3n) is 4.35. The molecule has 3 rings (SSSR count). The number of hydrogen-bond acceptors (Lipinski definition) is 2. The van der Waals surface area contributed by atoms with Crippen LogP contribution in [0.1, 0.15) is 57.3 Å². The highest BCUT2D eigenvalue weighted by Crippen LogP contribution is 2.40. The summed E-state index contributed by atoms with van der Waals surface area (Å²) in [6, 6.07) is 6.47. The van der Waals surface area contributed by atoms with Crippen LogP contribution in [0.25, 0.3) is 11.0 Å². The summed E-state index contributed by atoms with van der Waals surface area (Å²) in [7, 11) is 2.11. The van der Waals surface area contributed by atoms with E-state index >= 15 is 0 Å². The van der Waals surface area contributed by atoms with E-state index in [9.17, 15) is 4.79 Å². The highest BCUT2D eigenvalue weighted by atomic mass is 16.1. The molecule has 4 nitrogen and oxygen atoms in total. The van der Waals surface area contributed by atoms with Crippen LogP contribution in [-0.2, 0) is 18.3 Å². The number of carbonyl (C=O) groups is 1. The Labute approximate surface area is 138 Å². The van der Waals surface area contributed by atoms with Crippen molar-refractivity contribution in [3.63, 3.8) is 0 Å². The zero-order valence-electron chi connectivity index (χ0n) is 14.6. The number of amides is 1. The molecule has 1 aliphatic rings. The van der Waals surface area contributed by atoms with Gasteiger partial charge in [-0.2, -0.15) is 0 Å². The van der Waals surface area contributed by atoms with Gasteiger partial charge in [0, 0.05) is 25.9 Å². The van der Waals surface area contributed by atoms with Gasteiger partial charge >= 0.3 is 0 Å². The lowest BCUT2D eigenvalue weighted by molar-refractivity contribution is -0.122. The number of imidazole rings is 1. The number of rotatable bonds is 5. The van der Waals surface area contributed by atoms with Crippen LogP contribution >= 0.6 is 0 Å². The highest BCUT2D eigenvalue weighted by Gasteiger charge is 2.28. The number of hydrogen-bond donors (Lipinski definition) is 1. The van der Waals surface area contributed by atoms with Gasteiger partial charge in [-0.15, -0.1) is 0 Å². The predicted molar refractivity (Wildman–Crippen MR) is 93.5 cm³/mol. The number of nitrogens with one attached hydrogen (secondary N) is 1. The van der Waals surface area contributed by atoms with Gasteiger partial charge in [-0.05, 0) is 42.4 Å². The van der Waals surface area contributed by atoms with Gasteiger partial charge in [-0.25, -0.2) is 4.98 Å². The fourth-order valence-electron chi connectivity index (χ4n) is 3.02. The SMILES string of the molecule is Cn1c(C2CC2)nc2cc(CCNC(=O)CC(C)(C)C)ccc21. The monoisotopic (exact) mass is 313 g/mol. The van der Waals surface area contributed by atoms with Crippen LogP contribution in [0.15, 0.2) is 18.2 Å². The van der Waals surface area contributed by atoms with Crippen LogP contribution in [-0.4, -0.2) is 22.0 Å². The first-order chi connectivity index (χ1) is 10.8. The number of nitrogens with zero attached hydrogens (tertiary/aromatic N) is 2. The summed E-state index contributed by atoms with van der Waals surface area (Å²) in [5, 5.41) is 3.02. The fraction of sp³-hybridized carbons (Fsp3) is 0.579. The molecule has 4 heteroatoms. The maximum absolute atomic E-state index is 11.9. The minimum atomic E-state index is 0.0379.